The van der Waals surface area contributed by atoms with Crippen LogP contribution in [0.2, 0.25) is 5.15 Å². The van der Waals surface area contributed by atoms with Crippen LogP contribution in [0.5, 0.6) is 0 Å². The maximum Gasteiger partial charge on any atom is 0.259 e. The fourth-order valence-electron chi connectivity index (χ4n) is 1.44. The maximum absolute atomic E-state index is 11.7. The van der Waals surface area contributed by atoms with E-state index < -0.39 is 0 Å². The van der Waals surface area contributed by atoms with Crippen LogP contribution in [0.4, 0.5) is 0 Å². The van der Waals surface area contributed by atoms with E-state index in [0.29, 0.717) is 29.5 Å². The van der Waals surface area contributed by atoms with Crippen molar-refractivity contribution in [3.8, 4) is 0 Å². The van der Waals surface area contributed by atoms with Crippen LogP contribution < -0.4 is 11.3 Å². The van der Waals surface area contributed by atoms with Gasteiger partial charge in [0.05, 0.1) is 0 Å². The third-order valence-corrected chi connectivity index (χ3v) is 2.39. The minimum absolute atomic E-state index is 0.172. The molecule has 5 heteroatoms. The third kappa shape index (κ3) is 1.86. The molecule has 0 aromatic carbocycles. The molecule has 4 nitrogen and oxygen atoms in total. The van der Waals surface area contributed by atoms with Gasteiger partial charge in [-0.05, 0) is 18.7 Å². The van der Waals surface area contributed by atoms with E-state index in [9.17, 15) is 4.79 Å². The number of fused-ring (bicyclic) bond motifs is 1. The van der Waals surface area contributed by atoms with E-state index in [1.165, 1.54) is 10.5 Å². The number of hydrogen-bond donors (Lipinski definition) is 1. The second kappa shape index (κ2) is 4.00. The van der Waals surface area contributed by atoms with Crippen molar-refractivity contribution in [3.63, 3.8) is 0 Å². The van der Waals surface area contributed by atoms with E-state index in [-0.39, 0.29) is 5.56 Å². The largest absolute Gasteiger partial charge is 0.330 e. The summed E-state index contributed by atoms with van der Waals surface area (Å²) in [5, 5.41) is 0.365. The van der Waals surface area contributed by atoms with Crippen LogP contribution in [0.25, 0.3) is 5.65 Å². The van der Waals surface area contributed by atoms with Crippen LogP contribution in [-0.2, 0) is 6.42 Å². The Morgan fingerprint density at radius 2 is 2.27 bits per heavy atom. The van der Waals surface area contributed by atoms with Gasteiger partial charge in [0, 0.05) is 18.2 Å². The van der Waals surface area contributed by atoms with Gasteiger partial charge in [-0.1, -0.05) is 17.7 Å². The number of nitrogens with zero attached hydrogens (tertiary/aromatic N) is 2. The summed E-state index contributed by atoms with van der Waals surface area (Å²) in [7, 11) is 0. The van der Waals surface area contributed by atoms with Crippen molar-refractivity contribution in [2.45, 2.75) is 6.42 Å². The third-order valence-electron chi connectivity index (χ3n) is 2.09. The fraction of sp³-hybridized carbons (Fsp3) is 0.200. The van der Waals surface area contributed by atoms with Gasteiger partial charge in [-0.3, -0.25) is 9.20 Å². The second-order valence-corrected chi connectivity index (χ2v) is 3.55. The van der Waals surface area contributed by atoms with E-state index in [1.807, 2.05) is 0 Å². The van der Waals surface area contributed by atoms with Crippen molar-refractivity contribution >= 4 is 17.2 Å². The normalized spacial score (nSPS) is 10.8. The lowest BCUT2D eigenvalue weighted by molar-refractivity contribution is 0.901. The molecule has 0 aliphatic rings. The van der Waals surface area contributed by atoms with Gasteiger partial charge in [-0.25, -0.2) is 4.98 Å². The Kier molecular flexibility index (Phi) is 2.70. The first kappa shape index (κ1) is 10.1. The Morgan fingerprint density at radius 3 is 3.00 bits per heavy atom. The van der Waals surface area contributed by atoms with E-state index >= 15 is 0 Å². The number of hydrogen-bond acceptors (Lipinski definition) is 3. The average Bonchev–Trinajstić information content (AvgIpc) is 2.17. The van der Waals surface area contributed by atoms with Gasteiger partial charge < -0.3 is 5.73 Å². The molecule has 0 amide bonds. The Hall–Kier alpha value is -1.39. The molecule has 2 N–H and O–H groups in total. The number of halogens is 1. The number of nitrogens with two attached hydrogens (primary N) is 1. The molecule has 15 heavy (non-hydrogen) atoms. The Balaban J connectivity index is 2.73. The second-order valence-electron chi connectivity index (χ2n) is 3.17. The summed E-state index contributed by atoms with van der Waals surface area (Å²) < 4.78 is 1.36. The fourth-order valence-corrected chi connectivity index (χ4v) is 1.68. The van der Waals surface area contributed by atoms with Gasteiger partial charge in [0.25, 0.3) is 5.56 Å². The van der Waals surface area contributed by atoms with Gasteiger partial charge in [0.1, 0.15) is 10.8 Å². The van der Waals surface area contributed by atoms with Crippen molar-refractivity contribution in [2.75, 3.05) is 6.54 Å². The van der Waals surface area contributed by atoms with Gasteiger partial charge in [-0.15, -0.1) is 0 Å². The maximum atomic E-state index is 11.7. The Bertz CT molecular complexity index is 550. The summed E-state index contributed by atoms with van der Waals surface area (Å²) in [4.78, 5) is 16.0. The van der Waals surface area contributed by atoms with Crippen molar-refractivity contribution in [1.82, 2.24) is 9.38 Å². The number of pyridine rings is 1. The van der Waals surface area contributed by atoms with Crippen LogP contribution in [-0.4, -0.2) is 15.9 Å². The summed E-state index contributed by atoms with van der Waals surface area (Å²) in [6.07, 6.45) is 0.595. The monoisotopic (exact) mass is 223 g/mol. The van der Waals surface area contributed by atoms with Crippen LogP contribution in [0.3, 0.4) is 0 Å². The molecule has 2 heterocycles. The first-order valence-corrected chi connectivity index (χ1v) is 4.97. The standard InChI is InChI=1S/C10H10ClN3O/c11-8-2-1-3-9-13-7(4-5-12)6-10(15)14(8)9/h1-3,6H,4-5,12H2. The van der Waals surface area contributed by atoms with E-state index in [2.05, 4.69) is 4.98 Å². The highest BCUT2D eigenvalue weighted by Gasteiger charge is 2.03. The SMILES string of the molecule is NCCc1cc(=O)n2c(Cl)cccc2n1. The van der Waals surface area contributed by atoms with Crippen LogP contribution in [0, 0.1) is 0 Å². The summed E-state index contributed by atoms with van der Waals surface area (Å²) in [5.74, 6) is 0. The van der Waals surface area contributed by atoms with E-state index in [1.54, 1.807) is 18.2 Å². The molecule has 0 atom stereocenters. The minimum atomic E-state index is -0.172. The smallest absolute Gasteiger partial charge is 0.259 e. The first-order chi connectivity index (χ1) is 7.22. The predicted molar refractivity (Wildman–Crippen MR) is 59.2 cm³/mol. The van der Waals surface area contributed by atoms with Crippen molar-refractivity contribution < 1.29 is 0 Å². The van der Waals surface area contributed by atoms with Crippen LogP contribution in [0.15, 0.2) is 29.1 Å². The quantitative estimate of drug-likeness (QED) is 0.768. The molecule has 2 aromatic rings. The van der Waals surface area contributed by atoms with Gasteiger partial charge in [-0.2, -0.15) is 0 Å². The highest BCUT2D eigenvalue weighted by Crippen LogP contribution is 2.08. The summed E-state index contributed by atoms with van der Waals surface area (Å²) in [6, 6.07) is 6.62. The first-order valence-electron chi connectivity index (χ1n) is 4.59. The molecule has 0 aliphatic heterocycles. The topological polar surface area (TPSA) is 60.4 Å². The van der Waals surface area contributed by atoms with Crippen LogP contribution in [0.1, 0.15) is 5.69 Å². The summed E-state index contributed by atoms with van der Waals surface area (Å²) in [6.45, 7) is 0.475. The average molecular weight is 224 g/mol. The lowest BCUT2D eigenvalue weighted by atomic mass is 10.3. The molecular formula is C10H10ClN3O. The molecule has 78 valence electrons. The van der Waals surface area contributed by atoms with E-state index in [4.69, 9.17) is 17.3 Å². The minimum Gasteiger partial charge on any atom is -0.330 e. The highest BCUT2D eigenvalue weighted by molar-refractivity contribution is 6.29. The highest BCUT2D eigenvalue weighted by atomic mass is 35.5. The lowest BCUT2D eigenvalue weighted by Crippen LogP contribution is -2.17. The summed E-state index contributed by atoms with van der Waals surface area (Å²) >= 11 is 5.89. The molecule has 2 aromatic heterocycles. The van der Waals surface area contributed by atoms with Crippen molar-refractivity contribution in [3.05, 3.63) is 45.5 Å². The molecule has 0 saturated heterocycles. The van der Waals surface area contributed by atoms with Gasteiger partial charge in [0.15, 0.2) is 0 Å². The molecule has 0 saturated carbocycles. The lowest BCUT2D eigenvalue weighted by Gasteiger charge is -2.04. The predicted octanol–water partition coefficient (Wildman–Crippen LogP) is 0.849. The number of aromatic nitrogens is 2. The zero-order valence-corrected chi connectivity index (χ0v) is 8.74. The summed E-state index contributed by atoms with van der Waals surface area (Å²) in [5.41, 5.74) is 6.49. The zero-order chi connectivity index (χ0) is 10.8. The molecule has 0 spiro atoms. The van der Waals surface area contributed by atoms with Gasteiger partial charge >= 0.3 is 0 Å². The van der Waals surface area contributed by atoms with Gasteiger partial charge in [0.2, 0.25) is 0 Å². The molecule has 0 radical (unpaired) electrons. The number of rotatable bonds is 2. The Labute approximate surface area is 91.3 Å². The Morgan fingerprint density at radius 1 is 1.47 bits per heavy atom. The molecule has 0 unspecified atom stereocenters. The van der Waals surface area contributed by atoms with Crippen molar-refractivity contribution in [2.24, 2.45) is 5.73 Å². The molecular weight excluding hydrogens is 214 g/mol. The molecule has 0 fully saturated rings. The van der Waals surface area contributed by atoms with E-state index in [0.717, 1.165) is 0 Å². The van der Waals surface area contributed by atoms with Crippen LogP contribution >= 0.6 is 11.6 Å². The molecule has 0 aliphatic carbocycles. The molecule has 0 bridgehead atoms. The van der Waals surface area contributed by atoms with Crippen molar-refractivity contribution in [1.29, 1.82) is 0 Å². The molecule has 2 rings (SSSR count). The zero-order valence-electron chi connectivity index (χ0n) is 7.98.